The summed E-state index contributed by atoms with van der Waals surface area (Å²) in [5.41, 5.74) is -1.24. The van der Waals surface area contributed by atoms with Gasteiger partial charge in [0.15, 0.2) is 0 Å². The molecule has 154 valence electrons. The average molecular weight is 416 g/mol. The van der Waals surface area contributed by atoms with Crippen LogP contribution in [0.2, 0.25) is 0 Å². The van der Waals surface area contributed by atoms with Gasteiger partial charge in [-0.2, -0.15) is 8.42 Å². The predicted octanol–water partition coefficient (Wildman–Crippen LogP) is -2.60. The van der Waals surface area contributed by atoms with Gasteiger partial charge in [-0.15, -0.1) is 0 Å². The van der Waals surface area contributed by atoms with E-state index in [4.69, 9.17) is 8.74 Å². The van der Waals surface area contributed by atoms with Gasteiger partial charge >= 0.3 is 22.0 Å². The van der Waals surface area contributed by atoms with E-state index in [1.165, 1.54) is 0 Å². The summed E-state index contributed by atoms with van der Waals surface area (Å²) in [5.74, 6) is 0.546. The van der Waals surface area contributed by atoms with Gasteiger partial charge in [0.1, 0.15) is 18.2 Å². The molecule has 3 unspecified atom stereocenters. The van der Waals surface area contributed by atoms with Gasteiger partial charge in [-0.25, -0.2) is 8.98 Å². The number of H-pyrrole nitrogens is 2. The van der Waals surface area contributed by atoms with E-state index < -0.39 is 39.9 Å². The number of aromatic nitrogens is 2. The number of hydrogen-bond donors (Lipinski definition) is 6. The highest BCUT2D eigenvalue weighted by atomic mass is 32.3. The fourth-order valence-corrected chi connectivity index (χ4v) is 5.08. The van der Waals surface area contributed by atoms with E-state index in [1.807, 2.05) is 6.92 Å². The first-order valence-corrected chi connectivity index (χ1v) is 10.3. The summed E-state index contributed by atoms with van der Waals surface area (Å²) < 4.78 is 38.5. The average Bonchev–Trinajstić information content (AvgIpc) is 3.01. The van der Waals surface area contributed by atoms with Crippen LogP contribution in [0.5, 0.6) is 0 Å². The number of aliphatic hydroxyl groups is 1. The molecule has 0 radical (unpaired) electrons. The van der Waals surface area contributed by atoms with E-state index >= 15 is 0 Å². The molecule has 1 aromatic heterocycles. The van der Waals surface area contributed by atoms with Crippen LogP contribution in [-0.2, 0) is 14.6 Å². The van der Waals surface area contributed by atoms with Crippen molar-refractivity contribution in [2.24, 2.45) is 5.92 Å². The molecule has 3 aliphatic heterocycles. The number of aromatic amines is 2. The minimum Gasteiger partial charge on any atom is -0.383 e. The topological polar surface area (TPSA) is 177 Å². The van der Waals surface area contributed by atoms with Crippen LogP contribution in [0.15, 0.2) is 15.7 Å². The molecule has 4 rings (SSSR count). The molecule has 0 aromatic carbocycles. The third-order valence-electron chi connectivity index (χ3n) is 5.76. The van der Waals surface area contributed by atoms with Crippen molar-refractivity contribution in [1.82, 2.24) is 20.6 Å². The lowest BCUT2D eigenvalue weighted by Gasteiger charge is -2.41. The fraction of sp³-hybridized carbons (Fsp3) is 0.667. The number of nitrogens with one attached hydrogen (secondary N) is 4. The van der Waals surface area contributed by atoms with Gasteiger partial charge in [0.05, 0.1) is 24.4 Å². The highest BCUT2D eigenvalue weighted by molar-refractivity contribution is 7.80. The lowest BCUT2D eigenvalue weighted by molar-refractivity contribution is -0.621. The van der Waals surface area contributed by atoms with Crippen molar-refractivity contribution in [1.29, 1.82) is 0 Å². The zero-order valence-corrected chi connectivity index (χ0v) is 15.8. The molecule has 28 heavy (non-hydrogen) atoms. The van der Waals surface area contributed by atoms with Gasteiger partial charge in [0.25, 0.3) is 5.56 Å². The zero-order chi connectivity index (χ0) is 20.2. The molecule has 6 N–H and O–H groups in total. The van der Waals surface area contributed by atoms with E-state index in [2.05, 4.69) is 25.2 Å². The van der Waals surface area contributed by atoms with Gasteiger partial charge in [0, 0.05) is 24.8 Å². The second-order valence-electron chi connectivity index (χ2n) is 7.49. The molecule has 0 aliphatic carbocycles. The number of hydrogen-bond acceptors (Lipinski definition) is 8. The standard InChI is InChI=1S/C15H21N5O7S/c1-6-10-5-16-14-17-8(13(22)9-4-12(21)19-15(23)18-9)2-7(20(10)14)3-11(6)27-28(24,25)26/h4,6-8,10-11,13,22H,2-3,5H2,1H3,(H4,16,17,18,19,21,23,24,25,26)/p+1/t6-,7?,8?,10?,11+,13+/m1/s1. The largest absolute Gasteiger partial charge is 0.397 e. The molecule has 4 heterocycles. The summed E-state index contributed by atoms with van der Waals surface area (Å²) >= 11 is 0. The van der Waals surface area contributed by atoms with Gasteiger partial charge in [0.2, 0.25) is 0 Å². The zero-order valence-electron chi connectivity index (χ0n) is 15.0. The first kappa shape index (κ1) is 19.1. The van der Waals surface area contributed by atoms with Gasteiger partial charge in [-0.3, -0.25) is 29.5 Å². The van der Waals surface area contributed by atoms with Crippen molar-refractivity contribution in [2.45, 2.75) is 50.1 Å². The third kappa shape index (κ3) is 3.45. The van der Waals surface area contributed by atoms with Crippen molar-refractivity contribution >= 4 is 16.4 Å². The van der Waals surface area contributed by atoms with Crippen LogP contribution in [0.4, 0.5) is 0 Å². The summed E-state index contributed by atoms with van der Waals surface area (Å²) in [7, 11) is -4.58. The minimum absolute atomic E-state index is 0.0366. The maximum absolute atomic E-state index is 11.5. The number of rotatable bonds is 4. The quantitative estimate of drug-likeness (QED) is 0.227. The Morgan fingerprint density at radius 3 is 2.71 bits per heavy atom. The number of piperidine rings is 1. The fourth-order valence-electron chi connectivity index (χ4n) is 4.51. The molecule has 1 saturated heterocycles. The normalized spacial score (nSPS) is 33.0. The monoisotopic (exact) mass is 416 g/mol. The van der Waals surface area contributed by atoms with E-state index in [9.17, 15) is 23.1 Å². The number of aliphatic hydroxyl groups excluding tert-OH is 1. The Hall–Kier alpha value is -2.22. The van der Waals surface area contributed by atoms with Gasteiger partial charge in [-0.1, -0.05) is 6.92 Å². The van der Waals surface area contributed by atoms with Crippen molar-refractivity contribution in [3.8, 4) is 0 Å². The molecule has 0 bridgehead atoms. The number of nitrogens with zero attached hydrogens (tertiary/aromatic N) is 1. The Morgan fingerprint density at radius 2 is 2.04 bits per heavy atom. The first-order valence-electron chi connectivity index (χ1n) is 8.95. The smallest absolute Gasteiger partial charge is 0.383 e. The maximum atomic E-state index is 11.5. The third-order valence-corrected chi connectivity index (χ3v) is 6.25. The van der Waals surface area contributed by atoms with Crippen LogP contribution in [-0.4, -0.2) is 69.4 Å². The Labute approximate surface area is 159 Å². The molecule has 1 aromatic rings. The Kier molecular flexibility index (Phi) is 4.56. The molecule has 13 heteroatoms. The lowest BCUT2D eigenvalue weighted by atomic mass is 9.82. The summed E-state index contributed by atoms with van der Waals surface area (Å²) in [6, 6.07) is 0.404. The van der Waals surface area contributed by atoms with Crippen molar-refractivity contribution < 1.29 is 26.8 Å². The minimum atomic E-state index is -4.58. The molecule has 0 spiro atoms. The molecular weight excluding hydrogens is 394 g/mol. The Balaban J connectivity index is 1.61. The second kappa shape index (κ2) is 6.69. The molecule has 1 fully saturated rings. The Morgan fingerprint density at radius 1 is 1.29 bits per heavy atom. The highest BCUT2D eigenvalue weighted by Gasteiger charge is 2.52. The first-order chi connectivity index (χ1) is 13.1. The van der Waals surface area contributed by atoms with Gasteiger partial charge in [-0.05, 0) is 0 Å². The van der Waals surface area contributed by atoms with Crippen molar-refractivity contribution in [3.63, 3.8) is 0 Å². The molecule has 12 nitrogen and oxygen atoms in total. The lowest BCUT2D eigenvalue weighted by Crippen LogP contribution is -2.60. The van der Waals surface area contributed by atoms with E-state index in [0.29, 0.717) is 25.3 Å². The van der Waals surface area contributed by atoms with Crippen LogP contribution in [0, 0.1) is 5.92 Å². The molecule has 3 aliphatic rings. The van der Waals surface area contributed by atoms with Crippen molar-refractivity contribution in [3.05, 3.63) is 32.6 Å². The van der Waals surface area contributed by atoms with Gasteiger partial charge < -0.3 is 10.1 Å². The highest BCUT2D eigenvalue weighted by Crippen LogP contribution is 2.35. The van der Waals surface area contributed by atoms with Crippen molar-refractivity contribution in [2.75, 3.05) is 6.54 Å². The molecule has 0 saturated carbocycles. The summed E-state index contributed by atoms with van der Waals surface area (Å²) in [5, 5.41) is 17.1. The van der Waals surface area contributed by atoms with Crippen LogP contribution < -0.4 is 21.9 Å². The summed E-state index contributed by atoms with van der Waals surface area (Å²) in [6.45, 7) is 2.42. The summed E-state index contributed by atoms with van der Waals surface area (Å²) in [6.07, 6.45) is -1.11. The van der Waals surface area contributed by atoms with E-state index in [0.717, 1.165) is 6.07 Å². The summed E-state index contributed by atoms with van der Waals surface area (Å²) in [4.78, 5) is 27.5. The van der Waals surface area contributed by atoms with E-state index in [1.54, 1.807) is 0 Å². The molecule has 0 amide bonds. The SMILES string of the molecule is C[C@@H]1C2CNC3=[N+]2C(CC([C@H](O)c2cc(=O)[nH]c(=O)[nH]2)N3)C[C@@H]1OS(=O)(=O)O. The maximum Gasteiger partial charge on any atom is 0.397 e. The van der Waals surface area contributed by atoms with Crippen LogP contribution in [0.3, 0.4) is 0 Å². The van der Waals surface area contributed by atoms with Crippen LogP contribution in [0.1, 0.15) is 31.6 Å². The number of guanidine groups is 1. The Bertz CT molecular complexity index is 1000. The predicted molar refractivity (Wildman–Crippen MR) is 95.2 cm³/mol. The molecular formula is C15H22N5O7S+. The molecule has 6 atom stereocenters. The van der Waals surface area contributed by atoms with Crippen LogP contribution in [0.25, 0.3) is 0 Å². The van der Waals surface area contributed by atoms with Crippen LogP contribution >= 0.6 is 0 Å². The second-order valence-corrected chi connectivity index (χ2v) is 8.54. The van der Waals surface area contributed by atoms with E-state index in [-0.39, 0.29) is 23.7 Å².